The van der Waals surface area contributed by atoms with E-state index in [0.29, 0.717) is 23.6 Å². The number of ether oxygens (including phenoxy) is 2. The van der Waals surface area contributed by atoms with Crippen molar-refractivity contribution in [2.45, 2.75) is 19.3 Å². The molecule has 1 aliphatic rings. The van der Waals surface area contributed by atoms with E-state index in [0.717, 1.165) is 11.1 Å². The van der Waals surface area contributed by atoms with Crippen LogP contribution in [-0.2, 0) is 16.0 Å². The van der Waals surface area contributed by atoms with Gasteiger partial charge in [-0.05, 0) is 18.1 Å². The van der Waals surface area contributed by atoms with Gasteiger partial charge in [-0.1, -0.05) is 29.4 Å². The SMILES string of the molecule is CCOC(=O)Cc1ccc(C2C(C#N)=C(N)Nc3noc(OC)c32)cc1. The van der Waals surface area contributed by atoms with Crippen LogP contribution in [0.1, 0.15) is 29.5 Å². The topological polar surface area (TPSA) is 123 Å². The Morgan fingerprint density at radius 1 is 1.42 bits per heavy atom. The van der Waals surface area contributed by atoms with Gasteiger partial charge in [0.25, 0.3) is 0 Å². The number of rotatable bonds is 5. The summed E-state index contributed by atoms with van der Waals surface area (Å²) in [5, 5.41) is 16.3. The van der Waals surface area contributed by atoms with Crippen molar-refractivity contribution in [3.05, 3.63) is 52.3 Å². The summed E-state index contributed by atoms with van der Waals surface area (Å²) in [5.74, 6) is 0.0879. The predicted molar refractivity (Wildman–Crippen MR) is 92.1 cm³/mol. The number of nitrogens with one attached hydrogen (secondary N) is 1. The lowest BCUT2D eigenvalue weighted by Crippen LogP contribution is -2.23. The molecule has 0 fully saturated rings. The number of anilines is 1. The van der Waals surface area contributed by atoms with Gasteiger partial charge >= 0.3 is 11.9 Å². The van der Waals surface area contributed by atoms with Crippen molar-refractivity contribution in [2.24, 2.45) is 5.73 Å². The second-order valence-corrected chi connectivity index (χ2v) is 5.66. The van der Waals surface area contributed by atoms with Gasteiger partial charge in [-0.3, -0.25) is 4.79 Å². The second-order valence-electron chi connectivity index (χ2n) is 5.66. The van der Waals surface area contributed by atoms with Crippen molar-refractivity contribution in [3.63, 3.8) is 0 Å². The second kappa shape index (κ2) is 7.19. The number of hydrogen-bond donors (Lipinski definition) is 2. The van der Waals surface area contributed by atoms with Crippen molar-refractivity contribution in [2.75, 3.05) is 19.0 Å². The van der Waals surface area contributed by atoms with E-state index >= 15 is 0 Å². The average Bonchev–Trinajstić information content (AvgIpc) is 3.04. The number of benzene rings is 1. The molecule has 1 atom stereocenters. The van der Waals surface area contributed by atoms with E-state index in [-0.39, 0.29) is 24.2 Å². The standard InChI is InChI=1S/C18H18N4O4/c1-3-25-13(23)8-10-4-6-11(7-5-10)14-12(9-19)16(20)21-17-15(14)18(24-2)26-22-17/h4-7,14H,3,8,20H2,1-2H3,(H,21,22). The van der Waals surface area contributed by atoms with Crippen molar-refractivity contribution < 1.29 is 18.8 Å². The van der Waals surface area contributed by atoms with Crippen LogP contribution in [-0.4, -0.2) is 24.8 Å². The highest BCUT2D eigenvalue weighted by Crippen LogP contribution is 2.45. The molecule has 134 valence electrons. The molecule has 1 aliphatic heterocycles. The maximum Gasteiger partial charge on any atom is 0.317 e. The lowest BCUT2D eigenvalue weighted by atomic mass is 9.84. The highest BCUT2D eigenvalue weighted by molar-refractivity contribution is 5.72. The number of allylic oxidation sites excluding steroid dienone is 1. The van der Waals surface area contributed by atoms with Crippen LogP contribution in [0.3, 0.4) is 0 Å². The van der Waals surface area contributed by atoms with Gasteiger partial charge < -0.3 is 25.0 Å². The minimum atomic E-state index is -0.478. The van der Waals surface area contributed by atoms with E-state index in [1.165, 1.54) is 7.11 Å². The molecule has 26 heavy (non-hydrogen) atoms. The number of nitrogens with two attached hydrogens (primary N) is 1. The first-order chi connectivity index (χ1) is 12.6. The summed E-state index contributed by atoms with van der Waals surface area (Å²) in [6.45, 7) is 2.11. The molecular formula is C18H18N4O4. The van der Waals surface area contributed by atoms with Crippen molar-refractivity contribution in [1.29, 1.82) is 5.26 Å². The Labute approximate surface area is 150 Å². The number of aromatic nitrogens is 1. The zero-order valence-corrected chi connectivity index (χ0v) is 14.4. The number of nitrogens with zero attached hydrogens (tertiary/aromatic N) is 2. The average molecular weight is 354 g/mol. The zero-order valence-electron chi connectivity index (χ0n) is 14.4. The number of methoxy groups -OCH3 is 1. The van der Waals surface area contributed by atoms with Gasteiger partial charge in [0, 0.05) is 0 Å². The molecule has 0 spiro atoms. The van der Waals surface area contributed by atoms with Crippen LogP contribution in [0.4, 0.5) is 5.82 Å². The largest absolute Gasteiger partial charge is 0.467 e. The number of fused-ring (bicyclic) bond motifs is 1. The Morgan fingerprint density at radius 3 is 2.77 bits per heavy atom. The summed E-state index contributed by atoms with van der Waals surface area (Å²) in [6.07, 6.45) is 0.186. The summed E-state index contributed by atoms with van der Waals surface area (Å²) in [7, 11) is 1.47. The van der Waals surface area contributed by atoms with E-state index in [2.05, 4.69) is 16.5 Å². The maximum absolute atomic E-state index is 11.6. The zero-order chi connectivity index (χ0) is 18.7. The van der Waals surface area contributed by atoms with Gasteiger partial charge in [0.15, 0.2) is 5.82 Å². The first-order valence-electron chi connectivity index (χ1n) is 8.03. The van der Waals surface area contributed by atoms with E-state index in [4.69, 9.17) is 19.7 Å². The molecule has 0 saturated carbocycles. The third-order valence-corrected chi connectivity index (χ3v) is 4.09. The Kier molecular flexibility index (Phi) is 4.80. The molecule has 2 heterocycles. The molecule has 1 aromatic carbocycles. The molecule has 1 aromatic heterocycles. The van der Waals surface area contributed by atoms with E-state index in [1.807, 2.05) is 24.3 Å². The lowest BCUT2D eigenvalue weighted by Gasteiger charge is -2.23. The summed E-state index contributed by atoms with van der Waals surface area (Å²) < 4.78 is 15.4. The van der Waals surface area contributed by atoms with Crippen molar-refractivity contribution in [3.8, 4) is 12.0 Å². The molecule has 1 unspecified atom stereocenters. The number of carbonyl (C=O) groups excluding carboxylic acids is 1. The maximum atomic E-state index is 11.6. The molecule has 0 saturated heterocycles. The molecule has 8 heteroatoms. The van der Waals surface area contributed by atoms with Crippen LogP contribution in [0.25, 0.3) is 0 Å². The number of carbonyl (C=O) groups is 1. The highest BCUT2D eigenvalue weighted by atomic mass is 16.6. The normalized spacial score (nSPS) is 15.7. The molecule has 2 aromatic rings. The summed E-state index contributed by atoms with van der Waals surface area (Å²) in [4.78, 5) is 11.6. The third-order valence-electron chi connectivity index (χ3n) is 4.09. The van der Waals surface area contributed by atoms with E-state index < -0.39 is 5.92 Å². The molecule has 3 N–H and O–H groups in total. The first kappa shape index (κ1) is 17.4. The minimum Gasteiger partial charge on any atom is -0.467 e. The van der Waals surface area contributed by atoms with Gasteiger partial charge in [0.2, 0.25) is 0 Å². The molecule has 0 aliphatic carbocycles. The fourth-order valence-corrected chi connectivity index (χ4v) is 2.93. The monoisotopic (exact) mass is 354 g/mol. The molecular weight excluding hydrogens is 336 g/mol. The number of nitriles is 1. The van der Waals surface area contributed by atoms with Crippen LogP contribution in [0.2, 0.25) is 0 Å². The number of hydrogen-bond acceptors (Lipinski definition) is 8. The smallest absolute Gasteiger partial charge is 0.317 e. The fourth-order valence-electron chi connectivity index (χ4n) is 2.93. The predicted octanol–water partition coefficient (Wildman–Crippen LogP) is 2.04. The molecule has 3 rings (SSSR count). The van der Waals surface area contributed by atoms with Crippen molar-refractivity contribution >= 4 is 11.8 Å². The Hall–Kier alpha value is -3.47. The van der Waals surface area contributed by atoms with Crippen molar-refractivity contribution in [1.82, 2.24) is 5.16 Å². The Balaban J connectivity index is 1.98. The Bertz CT molecular complexity index is 893. The lowest BCUT2D eigenvalue weighted by molar-refractivity contribution is -0.142. The van der Waals surface area contributed by atoms with E-state index in [1.54, 1.807) is 6.92 Å². The van der Waals surface area contributed by atoms with Gasteiger partial charge in [-0.15, -0.1) is 0 Å². The first-order valence-corrected chi connectivity index (χ1v) is 8.03. The van der Waals surface area contributed by atoms with Crippen LogP contribution >= 0.6 is 0 Å². The third kappa shape index (κ3) is 3.07. The fraction of sp³-hybridized carbons (Fsp3) is 0.278. The van der Waals surface area contributed by atoms with Gasteiger partial charge in [-0.2, -0.15) is 5.26 Å². The molecule has 0 amide bonds. The molecule has 8 nitrogen and oxygen atoms in total. The van der Waals surface area contributed by atoms with Gasteiger partial charge in [0.05, 0.1) is 43.3 Å². The summed E-state index contributed by atoms with van der Waals surface area (Å²) in [5.41, 5.74) is 8.55. The summed E-state index contributed by atoms with van der Waals surface area (Å²) >= 11 is 0. The van der Waals surface area contributed by atoms with Crippen LogP contribution in [0.15, 0.2) is 40.2 Å². The summed E-state index contributed by atoms with van der Waals surface area (Å²) in [6, 6.07) is 9.46. The molecule has 0 radical (unpaired) electrons. The van der Waals surface area contributed by atoms with Crippen LogP contribution in [0, 0.1) is 11.3 Å². The Morgan fingerprint density at radius 2 is 2.15 bits per heavy atom. The van der Waals surface area contributed by atoms with Crippen LogP contribution in [0.5, 0.6) is 5.95 Å². The number of esters is 1. The minimum absolute atomic E-state index is 0.186. The van der Waals surface area contributed by atoms with Gasteiger partial charge in [0.1, 0.15) is 5.82 Å². The molecule has 0 bridgehead atoms. The van der Waals surface area contributed by atoms with Gasteiger partial charge in [-0.25, -0.2) is 0 Å². The van der Waals surface area contributed by atoms with E-state index in [9.17, 15) is 10.1 Å². The van der Waals surface area contributed by atoms with Crippen LogP contribution < -0.4 is 15.8 Å². The highest BCUT2D eigenvalue weighted by Gasteiger charge is 2.35. The quantitative estimate of drug-likeness (QED) is 0.782.